The molecule has 1 saturated heterocycles. The predicted octanol–water partition coefficient (Wildman–Crippen LogP) is -0.836. The van der Waals surface area contributed by atoms with Crippen LogP contribution in [0.15, 0.2) is 10.6 Å². The number of hydrogen-bond acceptors (Lipinski definition) is 6. The monoisotopic (exact) mass is 297 g/mol. The fraction of sp³-hybridized carbons (Fsp3) is 0.500. The lowest BCUT2D eigenvalue weighted by Gasteiger charge is -2.34. The normalized spacial score (nSPS) is 18.2. The molecule has 0 radical (unpaired) electrons. The Labute approximate surface area is 119 Å². The first kappa shape index (κ1) is 14.8. The highest BCUT2D eigenvalue weighted by Crippen LogP contribution is 2.12. The lowest BCUT2D eigenvalue weighted by molar-refractivity contribution is -0.149. The highest BCUT2D eigenvalue weighted by molar-refractivity contribution is 5.92. The van der Waals surface area contributed by atoms with Crippen LogP contribution >= 0.6 is 0 Å². The third-order valence-electron chi connectivity index (χ3n) is 2.97. The number of ether oxygens (including phenoxy) is 1. The zero-order valence-electron chi connectivity index (χ0n) is 11.4. The lowest BCUT2D eigenvalue weighted by Crippen LogP contribution is -2.58. The van der Waals surface area contributed by atoms with E-state index in [2.05, 4.69) is 10.5 Å². The number of nitrogens with one attached hydrogen (secondary N) is 1. The maximum Gasteiger partial charge on any atom is 0.305 e. The van der Waals surface area contributed by atoms with E-state index >= 15 is 0 Å². The van der Waals surface area contributed by atoms with Gasteiger partial charge in [0.15, 0.2) is 6.61 Å². The summed E-state index contributed by atoms with van der Waals surface area (Å²) in [7, 11) is 0. The predicted molar refractivity (Wildman–Crippen MR) is 67.5 cm³/mol. The minimum absolute atomic E-state index is 0.164. The summed E-state index contributed by atoms with van der Waals surface area (Å²) in [6.45, 7) is 1.86. The quantitative estimate of drug-likeness (QED) is 0.726. The SMILES string of the molecule is Cc1cc(OCC(=O)N2CCNC(=O)C2CC(=O)O)no1. The molecule has 0 aliphatic carbocycles. The van der Waals surface area contributed by atoms with Crippen molar-refractivity contribution in [3.63, 3.8) is 0 Å². The zero-order valence-corrected chi connectivity index (χ0v) is 11.4. The Morgan fingerprint density at radius 3 is 3.00 bits per heavy atom. The maximum atomic E-state index is 12.1. The number of hydrogen-bond donors (Lipinski definition) is 2. The molecule has 114 valence electrons. The molecule has 2 rings (SSSR count). The van der Waals surface area contributed by atoms with Gasteiger partial charge < -0.3 is 24.6 Å². The van der Waals surface area contributed by atoms with Crippen molar-refractivity contribution in [3.05, 3.63) is 11.8 Å². The number of nitrogens with zero attached hydrogens (tertiary/aromatic N) is 2. The van der Waals surface area contributed by atoms with Crippen LogP contribution in [0.4, 0.5) is 0 Å². The average molecular weight is 297 g/mol. The first-order valence-electron chi connectivity index (χ1n) is 6.32. The van der Waals surface area contributed by atoms with Crippen LogP contribution in [0.1, 0.15) is 12.2 Å². The molecule has 9 nitrogen and oxygen atoms in total. The van der Waals surface area contributed by atoms with Crippen molar-refractivity contribution >= 4 is 17.8 Å². The molecule has 2 N–H and O–H groups in total. The number of carboxylic acids is 1. The van der Waals surface area contributed by atoms with Crippen LogP contribution in [0.3, 0.4) is 0 Å². The topological polar surface area (TPSA) is 122 Å². The number of aromatic nitrogens is 1. The number of carboxylic acid groups (broad SMARTS) is 1. The molecule has 9 heteroatoms. The van der Waals surface area contributed by atoms with Crippen LogP contribution in [0, 0.1) is 6.92 Å². The van der Waals surface area contributed by atoms with Crippen molar-refractivity contribution in [2.45, 2.75) is 19.4 Å². The summed E-state index contributed by atoms with van der Waals surface area (Å²) in [5.74, 6) is -1.40. The molecule has 0 saturated carbocycles. The molecule has 2 amide bonds. The highest BCUT2D eigenvalue weighted by atomic mass is 16.5. The molecular formula is C12H15N3O6. The van der Waals surface area contributed by atoms with E-state index in [9.17, 15) is 14.4 Å². The van der Waals surface area contributed by atoms with Crippen molar-refractivity contribution in [1.82, 2.24) is 15.4 Å². The molecule has 0 aromatic carbocycles. The van der Waals surface area contributed by atoms with Gasteiger partial charge in [-0.2, -0.15) is 0 Å². The number of aryl methyl sites for hydroxylation is 1. The van der Waals surface area contributed by atoms with Gasteiger partial charge in [0.25, 0.3) is 11.8 Å². The Hall–Kier alpha value is -2.58. The van der Waals surface area contributed by atoms with Crippen molar-refractivity contribution < 1.29 is 28.8 Å². The number of aliphatic carboxylic acids is 1. The maximum absolute atomic E-state index is 12.1. The van der Waals surface area contributed by atoms with Gasteiger partial charge in [-0.1, -0.05) is 0 Å². The Balaban J connectivity index is 1.98. The molecular weight excluding hydrogens is 282 g/mol. The van der Waals surface area contributed by atoms with E-state index in [4.69, 9.17) is 14.4 Å². The van der Waals surface area contributed by atoms with Crippen molar-refractivity contribution in [1.29, 1.82) is 0 Å². The molecule has 0 spiro atoms. The van der Waals surface area contributed by atoms with Gasteiger partial charge in [0, 0.05) is 19.2 Å². The highest BCUT2D eigenvalue weighted by Gasteiger charge is 2.34. The molecule has 1 unspecified atom stereocenters. The van der Waals surface area contributed by atoms with E-state index < -0.39 is 30.2 Å². The third kappa shape index (κ3) is 3.71. The minimum atomic E-state index is -1.15. The molecule has 2 heterocycles. The molecule has 1 fully saturated rings. The second kappa shape index (κ2) is 6.25. The Morgan fingerprint density at radius 1 is 1.62 bits per heavy atom. The fourth-order valence-electron chi connectivity index (χ4n) is 2.01. The molecule has 1 atom stereocenters. The molecule has 1 aromatic rings. The Morgan fingerprint density at radius 2 is 2.38 bits per heavy atom. The van der Waals surface area contributed by atoms with E-state index in [0.29, 0.717) is 5.76 Å². The number of rotatable bonds is 5. The first-order valence-corrected chi connectivity index (χ1v) is 6.32. The summed E-state index contributed by atoms with van der Waals surface area (Å²) in [4.78, 5) is 35.8. The average Bonchev–Trinajstić information content (AvgIpc) is 2.84. The van der Waals surface area contributed by atoms with Crippen molar-refractivity contribution in [2.24, 2.45) is 0 Å². The van der Waals surface area contributed by atoms with Gasteiger partial charge >= 0.3 is 5.97 Å². The van der Waals surface area contributed by atoms with Gasteiger partial charge in [0.1, 0.15) is 11.8 Å². The molecule has 1 aliphatic heterocycles. The molecule has 1 aromatic heterocycles. The third-order valence-corrected chi connectivity index (χ3v) is 2.97. The number of amides is 2. The van der Waals surface area contributed by atoms with Gasteiger partial charge in [0.2, 0.25) is 5.91 Å². The Bertz CT molecular complexity index is 555. The summed E-state index contributed by atoms with van der Waals surface area (Å²) < 4.78 is 9.95. The fourth-order valence-corrected chi connectivity index (χ4v) is 2.01. The van der Waals surface area contributed by atoms with Crippen LogP contribution < -0.4 is 10.1 Å². The summed E-state index contributed by atoms with van der Waals surface area (Å²) >= 11 is 0. The Kier molecular flexibility index (Phi) is 4.41. The lowest BCUT2D eigenvalue weighted by atomic mass is 10.1. The molecule has 0 bridgehead atoms. The number of carbonyl (C=O) groups is 3. The molecule has 21 heavy (non-hydrogen) atoms. The minimum Gasteiger partial charge on any atom is -0.481 e. The molecule has 1 aliphatic rings. The van der Waals surface area contributed by atoms with Crippen LogP contribution in [0.25, 0.3) is 0 Å². The van der Waals surface area contributed by atoms with E-state index in [1.807, 2.05) is 0 Å². The summed E-state index contributed by atoms with van der Waals surface area (Å²) in [6.07, 6.45) is -0.444. The summed E-state index contributed by atoms with van der Waals surface area (Å²) in [5.41, 5.74) is 0. The van der Waals surface area contributed by atoms with E-state index in [1.54, 1.807) is 6.92 Å². The van der Waals surface area contributed by atoms with E-state index in [1.165, 1.54) is 11.0 Å². The van der Waals surface area contributed by atoms with E-state index in [0.717, 1.165) is 0 Å². The van der Waals surface area contributed by atoms with Gasteiger partial charge in [-0.15, -0.1) is 0 Å². The second-order valence-electron chi connectivity index (χ2n) is 4.56. The summed E-state index contributed by atoms with van der Waals surface area (Å²) in [5, 5.41) is 14.9. The van der Waals surface area contributed by atoms with Gasteiger partial charge in [0.05, 0.1) is 6.42 Å². The van der Waals surface area contributed by atoms with Crippen molar-refractivity contribution in [3.8, 4) is 5.88 Å². The van der Waals surface area contributed by atoms with Crippen LogP contribution in [-0.2, 0) is 14.4 Å². The standard InChI is InChI=1S/C12H15N3O6/c1-7-4-9(14-21-7)20-6-10(16)15-3-2-13-12(19)8(15)5-11(17)18/h4,8H,2-3,5-6H2,1H3,(H,13,19)(H,17,18). The van der Waals surface area contributed by atoms with Gasteiger partial charge in [-0.25, -0.2) is 0 Å². The van der Waals surface area contributed by atoms with Gasteiger partial charge in [-0.3, -0.25) is 14.4 Å². The van der Waals surface area contributed by atoms with Crippen molar-refractivity contribution in [2.75, 3.05) is 19.7 Å². The first-order chi connectivity index (χ1) is 9.97. The summed E-state index contributed by atoms with van der Waals surface area (Å²) in [6, 6.07) is 0.497. The number of piperazine rings is 1. The van der Waals surface area contributed by atoms with Crippen LogP contribution in [-0.4, -0.2) is 58.7 Å². The second-order valence-corrected chi connectivity index (χ2v) is 4.56. The van der Waals surface area contributed by atoms with E-state index in [-0.39, 0.29) is 25.6 Å². The van der Waals surface area contributed by atoms with Gasteiger partial charge in [-0.05, 0) is 12.1 Å². The largest absolute Gasteiger partial charge is 0.481 e. The smallest absolute Gasteiger partial charge is 0.305 e. The van der Waals surface area contributed by atoms with Crippen LogP contribution in [0.2, 0.25) is 0 Å². The zero-order chi connectivity index (χ0) is 15.4. The number of carbonyl (C=O) groups excluding carboxylic acids is 2. The van der Waals surface area contributed by atoms with Crippen LogP contribution in [0.5, 0.6) is 5.88 Å².